The van der Waals surface area contributed by atoms with Crippen LogP contribution in [-0.2, 0) is 18.5 Å². The SMILES string of the molecule is COC(=O)c1cc(-c2cc(S(=O)(=O)Cl)c(OC)cc2OC)cc(C(=O)OC)n1. The lowest BCUT2D eigenvalue weighted by Crippen LogP contribution is -2.11. The van der Waals surface area contributed by atoms with Gasteiger partial charge in [-0.2, -0.15) is 0 Å². The van der Waals surface area contributed by atoms with Crippen molar-refractivity contribution in [1.29, 1.82) is 0 Å². The number of ether oxygens (including phenoxy) is 4. The van der Waals surface area contributed by atoms with Crippen molar-refractivity contribution in [3.63, 3.8) is 0 Å². The molecule has 0 aliphatic carbocycles. The summed E-state index contributed by atoms with van der Waals surface area (Å²) in [5, 5.41) is 0. The van der Waals surface area contributed by atoms with Crippen molar-refractivity contribution in [1.82, 2.24) is 4.98 Å². The Morgan fingerprint density at radius 2 is 1.36 bits per heavy atom. The molecular formula is C17H16ClNO8S. The number of pyridine rings is 1. The minimum Gasteiger partial charge on any atom is -0.496 e. The van der Waals surface area contributed by atoms with E-state index in [0.29, 0.717) is 0 Å². The van der Waals surface area contributed by atoms with Gasteiger partial charge in [0.1, 0.15) is 27.8 Å². The summed E-state index contributed by atoms with van der Waals surface area (Å²) >= 11 is 0. The fourth-order valence-electron chi connectivity index (χ4n) is 2.39. The standard InChI is InChI=1S/C17H16ClNO8S/c1-24-13-8-14(25-2)15(28(18,22)23)7-10(13)9-5-11(16(20)26-3)19-12(6-9)17(21)27-4/h5-8H,1-4H3. The molecular weight excluding hydrogens is 414 g/mol. The lowest BCUT2D eigenvalue weighted by atomic mass is 10.0. The number of benzene rings is 1. The second kappa shape index (κ2) is 8.44. The molecule has 0 saturated carbocycles. The molecule has 150 valence electrons. The highest BCUT2D eigenvalue weighted by Gasteiger charge is 2.23. The van der Waals surface area contributed by atoms with E-state index in [4.69, 9.17) is 20.2 Å². The maximum atomic E-state index is 11.9. The van der Waals surface area contributed by atoms with Crippen molar-refractivity contribution in [2.45, 2.75) is 4.90 Å². The monoisotopic (exact) mass is 429 g/mol. The molecule has 0 amide bonds. The lowest BCUT2D eigenvalue weighted by Gasteiger charge is -2.14. The van der Waals surface area contributed by atoms with E-state index in [1.54, 1.807) is 0 Å². The van der Waals surface area contributed by atoms with E-state index >= 15 is 0 Å². The largest absolute Gasteiger partial charge is 0.496 e. The molecule has 2 rings (SSSR count). The van der Waals surface area contributed by atoms with Crippen LogP contribution in [0.15, 0.2) is 29.2 Å². The summed E-state index contributed by atoms with van der Waals surface area (Å²) in [6.07, 6.45) is 0. The van der Waals surface area contributed by atoms with Gasteiger partial charge in [-0.05, 0) is 23.8 Å². The summed E-state index contributed by atoms with van der Waals surface area (Å²) < 4.78 is 43.5. The van der Waals surface area contributed by atoms with Crippen molar-refractivity contribution < 1.29 is 37.0 Å². The first kappa shape index (κ1) is 21.5. The Balaban J connectivity index is 2.85. The molecule has 0 aliphatic rings. The van der Waals surface area contributed by atoms with Crippen molar-refractivity contribution in [3.05, 3.63) is 35.7 Å². The van der Waals surface area contributed by atoms with Crippen molar-refractivity contribution in [2.75, 3.05) is 28.4 Å². The second-order valence-corrected chi connectivity index (χ2v) is 7.79. The van der Waals surface area contributed by atoms with Crippen LogP contribution in [0.3, 0.4) is 0 Å². The first-order chi connectivity index (χ1) is 13.2. The van der Waals surface area contributed by atoms with Crippen LogP contribution in [0.1, 0.15) is 21.0 Å². The Hall–Kier alpha value is -2.85. The van der Waals surface area contributed by atoms with E-state index in [1.807, 2.05) is 0 Å². The van der Waals surface area contributed by atoms with Crippen molar-refractivity contribution >= 4 is 31.7 Å². The number of halogens is 1. The third-order valence-corrected chi connectivity index (χ3v) is 5.02. The molecule has 0 N–H and O–H groups in total. The van der Waals surface area contributed by atoms with Crippen LogP contribution in [0.4, 0.5) is 0 Å². The van der Waals surface area contributed by atoms with Gasteiger partial charge >= 0.3 is 11.9 Å². The summed E-state index contributed by atoms with van der Waals surface area (Å²) in [5.74, 6) is -1.43. The van der Waals surface area contributed by atoms with Gasteiger partial charge in [-0.25, -0.2) is 23.0 Å². The summed E-state index contributed by atoms with van der Waals surface area (Å²) in [5.41, 5.74) is 0.0965. The molecule has 9 nitrogen and oxygen atoms in total. The Bertz CT molecular complexity index is 1000. The minimum absolute atomic E-state index is 0.0361. The molecule has 0 saturated heterocycles. The van der Waals surface area contributed by atoms with E-state index in [9.17, 15) is 18.0 Å². The van der Waals surface area contributed by atoms with E-state index < -0.39 is 21.0 Å². The number of esters is 2. The fraction of sp³-hybridized carbons (Fsp3) is 0.235. The van der Waals surface area contributed by atoms with Crippen molar-refractivity contribution in [2.24, 2.45) is 0 Å². The number of aromatic nitrogens is 1. The molecule has 0 fully saturated rings. The smallest absolute Gasteiger partial charge is 0.356 e. The van der Waals surface area contributed by atoms with Crippen LogP contribution in [0.2, 0.25) is 0 Å². The lowest BCUT2D eigenvalue weighted by molar-refractivity contribution is 0.0586. The first-order valence-electron chi connectivity index (χ1n) is 7.56. The van der Waals surface area contributed by atoms with E-state index in [1.165, 1.54) is 38.5 Å². The summed E-state index contributed by atoms with van der Waals surface area (Å²) in [6.45, 7) is 0. The molecule has 0 aliphatic heterocycles. The Morgan fingerprint density at radius 3 is 1.75 bits per heavy atom. The molecule has 0 spiro atoms. The minimum atomic E-state index is -4.17. The van der Waals surface area contributed by atoms with Crippen LogP contribution in [0.25, 0.3) is 11.1 Å². The Kier molecular flexibility index (Phi) is 6.47. The van der Waals surface area contributed by atoms with Gasteiger partial charge in [0.15, 0.2) is 0 Å². The third kappa shape index (κ3) is 4.34. The Labute approximate surface area is 165 Å². The molecule has 2 aromatic rings. The molecule has 1 heterocycles. The molecule has 0 unspecified atom stereocenters. The highest BCUT2D eigenvalue weighted by atomic mass is 35.7. The van der Waals surface area contributed by atoms with Gasteiger partial charge in [0, 0.05) is 22.3 Å². The molecule has 28 heavy (non-hydrogen) atoms. The zero-order valence-electron chi connectivity index (χ0n) is 15.3. The van der Waals surface area contributed by atoms with Crippen LogP contribution in [-0.4, -0.2) is 53.8 Å². The fourth-order valence-corrected chi connectivity index (χ4v) is 3.39. The van der Waals surface area contributed by atoms with Crippen molar-refractivity contribution in [3.8, 4) is 22.6 Å². The number of hydrogen-bond donors (Lipinski definition) is 0. The number of carbonyl (C=O) groups is 2. The van der Waals surface area contributed by atoms with Gasteiger partial charge in [0.2, 0.25) is 0 Å². The van der Waals surface area contributed by atoms with E-state index in [0.717, 1.165) is 14.2 Å². The maximum Gasteiger partial charge on any atom is 0.356 e. The van der Waals surface area contributed by atoms with Gasteiger partial charge < -0.3 is 18.9 Å². The zero-order chi connectivity index (χ0) is 21.1. The molecule has 11 heteroatoms. The topological polar surface area (TPSA) is 118 Å². The molecule has 0 bridgehead atoms. The van der Waals surface area contributed by atoms with E-state index in [-0.39, 0.29) is 38.9 Å². The summed E-state index contributed by atoms with van der Waals surface area (Å²) in [4.78, 5) is 27.5. The predicted molar refractivity (Wildman–Crippen MR) is 98.5 cm³/mol. The van der Waals surface area contributed by atoms with Crippen LogP contribution >= 0.6 is 10.7 Å². The normalized spacial score (nSPS) is 10.9. The Morgan fingerprint density at radius 1 is 0.857 bits per heavy atom. The highest BCUT2D eigenvalue weighted by molar-refractivity contribution is 8.13. The third-order valence-electron chi connectivity index (χ3n) is 3.67. The highest BCUT2D eigenvalue weighted by Crippen LogP contribution is 2.39. The van der Waals surface area contributed by atoms with Gasteiger partial charge in [-0.3, -0.25) is 0 Å². The van der Waals surface area contributed by atoms with Gasteiger partial charge in [-0.1, -0.05) is 0 Å². The first-order valence-corrected chi connectivity index (χ1v) is 9.87. The number of nitrogens with zero attached hydrogens (tertiary/aromatic N) is 1. The van der Waals surface area contributed by atoms with Crippen LogP contribution < -0.4 is 9.47 Å². The molecule has 0 atom stereocenters. The maximum absolute atomic E-state index is 11.9. The molecule has 1 aromatic heterocycles. The second-order valence-electron chi connectivity index (χ2n) is 5.25. The van der Waals surface area contributed by atoms with E-state index in [2.05, 4.69) is 14.5 Å². The number of rotatable bonds is 6. The summed E-state index contributed by atoms with van der Waals surface area (Å²) in [7, 11) is 6.27. The van der Waals surface area contributed by atoms with Gasteiger partial charge in [0.25, 0.3) is 9.05 Å². The molecule has 0 radical (unpaired) electrons. The average molecular weight is 430 g/mol. The number of carbonyl (C=O) groups excluding carboxylic acids is 2. The zero-order valence-corrected chi connectivity index (χ0v) is 16.9. The van der Waals surface area contributed by atoms with Gasteiger partial charge in [0.05, 0.1) is 28.4 Å². The van der Waals surface area contributed by atoms with Gasteiger partial charge in [-0.15, -0.1) is 0 Å². The van der Waals surface area contributed by atoms with Crippen LogP contribution in [0.5, 0.6) is 11.5 Å². The molecule has 1 aromatic carbocycles. The summed E-state index contributed by atoms with van der Waals surface area (Å²) in [6, 6.07) is 5.15. The number of methoxy groups -OCH3 is 4. The van der Waals surface area contributed by atoms with Crippen LogP contribution in [0, 0.1) is 0 Å². The number of hydrogen-bond acceptors (Lipinski definition) is 9. The predicted octanol–water partition coefficient (Wildman–Crippen LogP) is 2.27. The average Bonchev–Trinajstić information content (AvgIpc) is 2.70. The quantitative estimate of drug-likeness (QED) is 0.503.